The van der Waals surface area contributed by atoms with E-state index >= 15 is 0 Å². The number of ether oxygens (including phenoxy) is 1. The summed E-state index contributed by atoms with van der Waals surface area (Å²) in [7, 11) is 1.74. The van der Waals surface area contributed by atoms with Crippen molar-refractivity contribution in [3.8, 4) is 0 Å². The van der Waals surface area contributed by atoms with E-state index in [1.54, 1.807) is 23.9 Å². The number of carbonyl (C=O) groups is 1. The second-order valence-electron chi connectivity index (χ2n) is 7.36. The zero-order valence-corrected chi connectivity index (χ0v) is 15.6. The highest BCUT2D eigenvalue weighted by molar-refractivity contribution is 5.81. The van der Waals surface area contributed by atoms with Crippen LogP contribution in [0.1, 0.15) is 16.7 Å². The molecule has 0 bridgehead atoms. The number of hydrogen-bond acceptors (Lipinski definition) is 4. The second-order valence-corrected chi connectivity index (χ2v) is 7.36. The number of morpholine rings is 1. The summed E-state index contributed by atoms with van der Waals surface area (Å²) >= 11 is 0. The van der Waals surface area contributed by atoms with Crippen LogP contribution in [0.25, 0.3) is 0 Å². The summed E-state index contributed by atoms with van der Waals surface area (Å²) in [5.74, 6) is 0.0678. The Morgan fingerprint density at radius 3 is 2.81 bits per heavy atom. The molecular weight excluding hydrogens is 342 g/mol. The average Bonchev–Trinajstić information content (AvgIpc) is 2.70. The molecule has 2 aromatic rings. The number of fused-ring (bicyclic) bond motifs is 1. The van der Waals surface area contributed by atoms with Crippen molar-refractivity contribution in [2.75, 3.05) is 26.2 Å². The zero-order valence-electron chi connectivity index (χ0n) is 15.6. The fraction of sp³-hybridized carbons (Fsp3) is 0.429. The number of rotatable bonds is 3. The molecule has 0 N–H and O–H groups in total. The van der Waals surface area contributed by atoms with Gasteiger partial charge in [-0.2, -0.15) is 0 Å². The smallest absolute Gasteiger partial charge is 0.253 e. The van der Waals surface area contributed by atoms with E-state index in [2.05, 4.69) is 23.1 Å². The van der Waals surface area contributed by atoms with Gasteiger partial charge in [0.15, 0.2) is 0 Å². The van der Waals surface area contributed by atoms with Gasteiger partial charge in [0.05, 0.1) is 6.61 Å². The van der Waals surface area contributed by atoms with Gasteiger partial charge < -0.3 is 14.2 Å². The zero-order chi connectivity index (χ0) is 18.8. The Hall–Kier alpha value is -2.44. The lowest BCUT2D eigenvalue weighted by Gasteiger charge is -2.36. The van der Waals surface area contributed by atoms with E-state index in [1.165, 1.54) is 11.1 Å². The van der Waals surface area contributed by atoms with Crippen LogP contribution in [0.2, 0.25) is 0 Å². The first-order valence-electron chi connectivity index (χ1n) is 9.45. The fourth-order valence-corrected chi connectivity index (χ4v) is 3.83. The summed E-state index contributed by atoms with van der Waals surface area (Å²) in [5, 5.41) is 0. The third kappa shape index (κ3) is 3.96. The first kappa shape index (κ1) is 17.9. The number of pyridine rings is 1. The van der Waals surface area contributed by atoms with E-state index in [0.29, 0.717) is 26.2 Å². The molecule has 1 atom stereocenters. The molecule has 142 valence electrons. The molecule has 1 fully saturated rings. The molecule has 3 heterocycles. The SMILES string of the molecule is Cn1ccc(CN2CCOC(C(=O)N3CCc4ccccc4C3)C2)cc1=O. The molecule has 6 nitrogen and oxygen atoms in total. The molecule has 1 saturated heterocycles. The van der Waals surface area contributed by atoms with Crippen molar-refractivity contribution in [3.05, 3.63) is 69.6 Å². The molecular formula is C21H25N3O3. The van der Waals surface area contributed by atoms with Crippen LogP contribution in [0.5, 0.6) is 0 Å². The Kier molecular flexibility index (Phi) is 5.09. The fourth-order valence-electron chi connectivity index (χ4n) is 3.83. The monoisotopic (exact) mass is 367 g/mol. The first-order valence-corrected chi connectivity index (χ1v) is 9.45. The van der Waals surface area contributed by atoms with Gasteiger partial charge in [-0.1, -0.05) is 24.3 Å². The largest absolute Gasteiger partial charge is 0.366 e. The predicted octanol–water partition coefficient (Wildman–Crippen LogP) is 1.17. The maximum Gasteiger partial charge on any atom is 0.253 e. The van der Waals surface area contributed by atoms with E-state index in [0.717, 1.165) is 25.1 Å². The van der Waals surface area contributed by atoms with Crippen LogP contribution in [0.4, 0.5) is 0 Å². The lowest BCUT2D eigenvalue weighted by atomic mass is 9.99. The highest BCUT2D eigenvalue weighted by Crippen LogP contribution is 2.20. The molecule has 0 spiro atoms. The van der Waals surface area contributed by atoms with E-state index in [1.807, 2.05) is 17.0 Å². The average molecular weight is 367 g/mol. The summed E-state index contributed by atoms with van der Waals surface area (Å²) < 4.78 is 7.35. The van der Waals surface area contributed by atoms with Crippen molar-refractivity contribution in [1.82, 2.24) is 14.4 Å². The Balaban J connectivity index is 1.40. The molecule has 0 aliphatic carbocycles. The molecule has 27 heavy (non-hydrogen) atoms. The number of amides is 1. The number of benzene rings is 1. The minimum atomic E-state index is -0.435. The van der Waals surface area contributed by atoms with Gasteiger partial charge in [0.25, 0.3) is 11.5 Å². The molecule has 6 heteroatoms. The summed E-state index contributed by atoms with van der Waals surface area (Å²) in [6.45, 7) is 3.92. The van der Waals surface area contributed by atoms with Crippen molar-refractivity contribution in [2.45, 2.75) is 25.6 Å². The molecule has 0 saturated carbocycles. The number of hydrogen-bond donors (Lipinski definition) is 0. The van der Waals surface area contributed by atoms with Crippen LogP contribution in [0, 0.1) is 0 Å². The van der Waals surface area contributed by atoms with Crippen molar-refractivity contribution in [2.24, 2.45) is 7.05 Å². The number of nitrogens with zero attached hydrogens (tertiary/aromatic N) is 3. The maximum atomic E-state index is 13.0. The highest BCUT2D eigenvalue weighted by atomic mass is 16.5. The Morgan fingerprint density at radius 1 is 1.19 bits per heavy atom. The molecule has 1 amide bonds. The topological polar surface area (TPSA) is 54.8 Å². The lowest BCUT2D eigenvalue weighted by Crippen LogP contribution is -2.51. The van der Waals surface area contributed by atoms with Gasteiger partial charge in [0.1, 0.15) is 6.10 Å². The minimum absolute atomic E-state index is 0.0135. The Morgan fingerprint density at radius 2 is 2.00 bits per heavy atom. The third-order valence-electron chi connectivity index (χ3n) is 5.44. The summed E-state index contributed by atoms with van der Waals surface area (Å²) in [6.07, 6.45) is 2.24. The highest BCUT2D eigenvalue weighted by Gasteiger charge is 2.31. The number of carbonyl (C=O) groups excluding carboxylic acids is 1. The predicted molar refractivity (Wildman–Crippen MR) is 102 cm³/mol. The standard InChI is InChI=1S/C21H25N3O3/c1-22-8-6-16(12-20(22)25)13-23-10-11-27-19(15-23)21(26)24-9-7-17-4-2-3-5-18(17)14-24/h2-6,8,12,19H,7,9-11,13-15H2,1H3. The van der Waals surface area contributed by atoms with Crippen LogP contribution in [0.3, 0.4) is 0 Å². The van der Waals surface area contributed by atoms with Gasteiger partial charge >= 0.3 is 0 Å². The van der Waals surface area contributed by atoms with Crippen LogP contribution >= 0.6 is 0 Å². The van der Waals surface area contributed by atoms with Gasteiger partial charge in [-0.05, 0) is 29.2 Å². The van der Waals surface area contributed by atoms with Crippen LogP contribution in [0.15, 0.2) is 47.4 Å². The van der Waals surface area contributed by atoms with Gasteiger partial charge in [0.2, 0.25) is 0 Å². The molecule has 1 aromatic heterocycles. The van der Waals surface area contributed by atoms with Crippen molar-refractivity contribution in [1.29, 1.82) is 0 Å². The Labute approximate surface area is 159 Å². The minimum Gasteiger partial charge on any atom is -0.366 e. The van der Waals surface area contributed by atoms with E-state index in [9.17, 15) is 9.59 Å². The molecule has 2 aliphatic heterocycles. The van der Waals surface area contributed by atoms with E-state index < -0.39 is 6.10 Å². The molecule has 1 unspecified atom stereocenters. The maximum absolute atomic E-state index is 13.0. The summed E-state index contributed by atoms with van der Waals surface area (Å²) in [4.78, 5) is 28.9. The van der Waals surface area contributed by atoms with Crippen LogP contribution < -0.4 is 5.56 Å². The summed E-state index contributed by atoms with van der Waals surface area (Å²) in [5.41, 5.74) is 3.52. The lowest BCUT2D eigenvalue weighted by molar-refractivity contribution is -0.150. The van der Waals surface area contributed by atoms with Crippen molar-refractivity contribution >= 4 is 5.91 Å². The quantitative estimate of drug-likeness (QED) is 0.817. The van der Waals surface area contributed by atoms with Crippen LogP contribution in [-0.2, 0) is 36.1 Å². The van der Waals surface area contributed by atoms with Crippen LogP contribution in [-0.4, -0.2) is 52.6 Å². The first-order chi connectivity index (χ1) is 13.1. The van der Waals surface area contributed by atoms with Gasteiger partial charge in [-0.25, -0.2) is 0 Å². The molecule has 1 aromatic carbocycles. The molecule has 2 aliphatic rings. The van der Waals surface area contributed by atoms with Gasteiger partial charge in [-0.15, -0.1) is 0 Å². The number of aromatic nitrogens is 1. The van der Waals surface area contributed by atoms with E-state index in [-0.39, 0.29) is 11.5 Å². The second kappa shape index (κ2) is 7.66. The Bertz CT molecular complexity index is 892. The van der Waals surface area contributed by atoms with E-state index in [4.69, 9.17) is 4.74 Å². The van der Waals surface area contributed by atoms with Gasteiger partial charge in [-0.3, -0.25) is 14.5 Å². The van der Waals surface area contributed by atoms with Crippen molar-refractivity contribution < 1.29 is 9.53 Å². The molecule has 0 radical (unpaired) electrons. The normalized spacial score (nSPS) is 20.3. The number of aryl methyl sites for hydroxylation is 1. The third-order valence-corrected chi connectivity index (χ3v) is 5.44. The van der Waals surface area contributed by atoms with Gasteiger partial charge in [0, 0.05) is 52.0 Å². The van der Waals surface area contributed by atoms with Crippen molar-refractivity contribution in [3.63, 3.8) is 0 Å². The summed E-state index contributed by atoms with van der Waals surface area (Å²) in [6, 6.07) is 11.9. The molecule has 4 rings (SSSR count).